The Kier molecular flexibility index (Phi) is 3.57. The van der Waals surface area contributed by atoms with Crippen molar-refractivity contribution in [3.05, 3.63) is 47.2 Å². The maximum absolute atomic E-state index is 12.5. The molecule has 0 unspecified atom stereocenters. The lowest BCUT2D eigenvalue weighted by molar-refractivity contribution is 0.0776. The number of hydrogen-bond donors (Lipinski definition) is 1. The van der Waals surface area contributed by atoms with Gasteiger partial charge in [-0.25, -0.2) is 9.97 Å². The van der Waals surface area contributed by atoms with Gasteiger partial charge in [0.05, 0.1) is 12.8 Å². The molecule has 3 rings (SSSR count). The Hall–Kier alpha value is -2.41. The molecule has 0 aliphatic rings. The Morgan fingerprint density at radius 2 is 2.38 bits per heavy atom. The fourth-order valence-corrected chi connectivity index (χ4v) is 2.84. The number of rotatable bonds is 4. The number of nitrogens with zero attached hydrogens (tertiary/aromatic N) is 3. The number of imidazole rings is 1. The van der Waals surface area contributed by atoms with Crippen LogP contribution < -0.4 is 0 Å². The zero-order chi connectivity index (χ0) is 14.8. The maximum atomic E-state index is 12.5. The average molecular weight is 302 g/mol. The second kappa shape index (κ2) is 5.53. The number of amides is 1. The molecule has 0 bridgehead atoms. The second-order valence-electron chi connectivity index (χ2n) is 4.60. The summed E-state index contributed by atoms with van der Waals surface area (Å²) in [6.07, 6.45) is 4.99. The lowest BCUT2D eigenvalue weighted by Crippen LogP contribution is -2.27. The molecule has 3 aromatic rings. The summed E-state index contributed by atoms with van der Waals surface area (Å²) in [5, 5.41) is 0.715. The van der Waals surface area contributed by atoms with Gasteiger partial charge in [-0.2, -0.15) is 0 Å². The molecular formula is C14H14N4O2S. The van der Waals surface area contributed by atoms with Crippen LogP contribution in [0.4, 0.5) is 0 Å². The van der Waals surface area contributed by atoms with Gasteiger partial charge in [-0.3, -0.25) is 4.79 Å². The Balaban J connectivity index is 1.81. The number of nitrogens with one attached hydrogen (secondary N) is 1. The summed E-state index contributed by atoms with van der Waals surface area (Å²) in [5.74, 6) is 1.29. The van der Waals surface area contributed by atoms with Crippen molar-refractivity contribution < 1.29 is 9.21 Å². The summed E-state index contributed by atoms with van der Waals surface area (Å²) in [6, 6.07) is 3.63. The topological polar surface area (TPSA) is 75.0 Å². The largest absolute Gasteiger partial charge is 0.462 e. The smallest absolute Gasteiger partial charge is 0.273 e. The van der Waals surface area contributed by atoms with Crippen LogP contribution in [-0.4, -0.2) is 32.8 Å². The van der Waals surface area contributed by atoms with E-state index in [2.05, 4.69) is 15.0 Å². The van der Waals surface area contributed by atoms with Gasteiger partial charge in [0.15, 0.2) is 10.8 Å². The van der Waals surface area contributed by atoms with Gasteiger partial charge in [0.25, 0.3) is 5.91 Å². The highest BCUT2D eigenvalue weighted by molar-refractivity contribution is 7.15. The number of hydrogen-bond acceptors (Lipinski definition) is 5. The van der Waals surface area contributed by atoms with Gasteiger partial charge in [-0.05, 0) is 19.1 Å². The molecule has 0 aliphatic carbocycles. The number of carbonyl (C=O) groups excluding carboxylic acids is 1. The van der Waals surface area contributed by atoms with Crippen molar-refractivity contribution in [2.75, 3.05) is 7.05 Å². The Bertz CT molecular complexity index is 731. The van der Waals surface area contributed by atoms with E-state index in [1.54, 1.807) is 36.7 Å². The Morgan fingerprint density at radius 1 is 1.52 bits per heavy atom. The summed E-state index contributed by atoms with van der Waals surface area (Å²) in [6.45, 7) is 2.30. The van der Waals surface area contributed by atoms with E-state index >= 15 is 0 Å². The van der Waals surface area contributed by atoms with E-state index in [4.69, 9.17) is 4.42 Å². The molecule has 0 atom stereocenters. The van der Waals surface area contributed by atoms with E-state index in [1.165, 1.54) is 11.3 Å². The van der Waals surface area contributed by atoms with Crippen molar-refractivity contribution in [3.8, 4) is 10.8 Å². The van der Waals surface area contributed by atoms with Gasteiger partial charge in [-0.15, -0.1) is 11.3 Å². The first-order valence-corrected chi connectivity index (χ1v) is 7.22. The first kappa shape index (κ1) is 13.6. The van der Waals surface area contributed by atoms with Crippen LogP contribution in [-0.2, 0) is 6.54 Å². The van der Waals surface area contributed by atoms with E-state index in [0.29, 0.717) is 23.0 Å². The number of aryl methyl sites for hydroxylation is 1. The van der Waals surface area contributed by atoms with Crippen LogP contribution in [0.1, 0.15) is 21.2 Å². The van der Waals surface area contributed by atoms with Crippen LogP contribution in [0.15, 0.2) is 35.2 Å². The number of thiazole rings is 1. The molecule has 3 heterocycles. The number of furan rings is 1. The zero-order valence-electron chi connectivity index (χ0n) is 11.7. The summed E-state index contributed by atoms with van der Waals surface area (Å²) >= 11 is 1.45. The lowest BCUT2D eigenvalue weighted by atomic mass is 10.3. The van der Waals surface area contributed by atoms with Crippen molar-refractivity contribution in [2.24, 2.45) is 0 Å². The van der Waals surface area contributed by atoms with E-state index in [9.17, 15) is 4.79 Å². The van der Waals surface area contributed by atoms with Crippen molar-refractivity contribution in [1.29, 1.82) is 0 Å². The minimum Gasteiger partial charge on any atom is -0.462 e. The molecule has 0 aliphatic heterocycles. The standard InChI is InChI=1S/C14H14N4O2S/c1-9-12(17-13(21-9)10-4-3-7-20-10)14(19)18(2)8-11-15-5-6-16-11/h3-7H,8H2,1-2H3,(H,15,16). The third kappa shape index (κ3) is 2.73. The molecule has 0 saturated carbocycles. The fourth-order valence-electron chi connectivity index (χ4n) is 1.96. The van der Waals surface area contributed by atoms with Crippen LogP contribution >= 0.6 is 11.3 Å². The molecule has 0 spiro atoms. The van der Waals surface area contributed by atoms with E-state index < -0.39 is 0 Å². The normalized spacial score (nSPS) is 10.8. The third-order valence-corrected chi connectivity index (χ3v) is 4.00. The number of aromatic amines is 1. The first-order valence-electron chi connectivity index (χ1n) is 6.40. The fraction of sp³-hybridized carbons (Fsp3) is 0.214. The van der Waals surface area contributed by atoms with Crippen molar-refractivity contribution in [3.63, 3.8) is 0 Å². The predicted octanol–water partition coefficient (Wildman–Crippen LogP) is 2.71. The van der Waals surface area contributed by atoms with Crippen LogP contribution in [0.2, 0.25) is 0 Å². The van der Waals surface area contributed by atoms with Crippen LogP contribution in [0.5, 0.6) is 0 Å². The third-order valence-electron chi connectivity index (χ3n) is 3.02. The van der Waals surface area contributed by atoms with E-state index in [-0.39, 0.29) is 5.91 Å². The van der Waals surface area contributed by atoms with Crippen LogP contribution in [0.3, 0.4) is 0 Å². The molecule has 0 fully saturated rings. The number of H-pyrrole nitrogens is 1. The van der Waals surface area contributed by atoms with Crippen LogP contribution in [0, 0.1) is 6.92 Å². The number of carbonyl (C=O) groups is 1. The van der Waals surface area contributed by atoms with E-state index in [0.717, 1.165) is 10.7 Å². The molecular weight excluding hydrogens is 288 g/mol. The highest BCUT2D eigenvalue weighted by Crippen LogP contribution is 2.28. The van der Waals surface area contributed by atoms with Gasteiger partial charge < -0.3 is 14.3 Å². The van der Waals surface area contributed by atoms with Crippen molar-refractivity contribution in [2.45, 2.75) is 13.5 Å². The highest BCUT2D eigenvalue weighted by Gasteiger charge is 2.21. The van der Waals surface area contributed by atoms with Gasteiger partial charge in [0.2, 0.25) is 0 Å². The second-order valence-corrected chi connectivity index (χ2v) is 5.80. The molecule has 7 heteroatoms. The van der Waals surface area contributed by atoms with Crippen molar-refractivity contribution >= 4 is 17.2 Å². The first-order chi connectivity index (χ1) is 10.1. The SMILES string of the molecule is Cc1sc(-c2ccco2)nc1C(=O)N(C)Cc1ncc[nH]1. The van der Waals surface area contributed by atoms with E-state index in [1.807, 2.05) is 13.0 Å². The minimum absolute atomic E-state index is 0.127. The minimum atomic E-state index is -0.127. The molecule has 0 aromatic carbocycles. The summed E-state index contributed by atoms with van der Waals surface area (Å²) < 4.78 is 5.32. The molecule has 6 nitrogen and oxygen atoms in total. The highest BCUT2D eigenvalue weighted by atomic mass is 32.1. The molecule has 21 heavy (non-hydrogen) atoms. The van der Waals surface area contributed by atoms with Gasteiger partial charge in [-0.1, -0.05) is 0 Å². The van der Waals surface area contributed by atoms with Crippen LogP contribution in [0.25, 0.3) is 10.8 Å². The lowest BCUT2D eigenvalue weighted by Gasteiger charge is -2.14. The summed E-state index contributed by atoms with van der Waals surface area (Å²) in [5.41, 5.74) is 0.459. The molecule has 1 N–H and O–H groups in total. The predicted molar refractivity (Wildman–Crippen MR) is 78.9 cm³/mol. The van der Waals surface area contributed by atoms with Gasteiger partial charge >= 0.3 is 0 Å². The zero-order valence-corrected chi connectivity index (χ0v) is 12.5. The maximum Gasteiger partial charge on any atom is 0.273 e. The molecule has 3 aromatic heterocycles. The number of aromatic nitrogens is 3. The molecule has 0 saturated heterocycles. The molecule has 0 radical (unpaired) electrons. The van der Waals surface area contributed by atoms with Crippen molar-refractivity contribution in [1.82, 2.24) is 19.9 Å². The Labute approximate surface area is 125 Å². The Morgan fingerprint density at radius 3 is 3.05 bits per heavy atom. The monoisotopic (exact) mass is 302 g/mol. The van der Waals surface area contributed by atoms with Gasteiger partial charge in [0, 0.05) is 24.3 Å². The molecule has 1 amide bonds. The average Bonchev–Trinajstić information content (AvgIpc) is 3.18. The molecule has 108 valence electrons. The summed E-state index contributed by atoms with van der Waals surface area (Å²) in [7, 11) is 1.73. The quantitative estimate of drug-likeness (QED) is 0.804. The van der Waals surface area contributed by atoms with Gasteiger partial charge in [0.1, 0.15) is 11.5 Å². The summed E-state index contributed by atoms with van der Waals surface area (Å²) in [4.78, 5) is 26.4.